The molecule has 3 aromatic rings. The largest absolute Gasteiger partial charge is 0.435 e. The second-order valence-electron chi connectivity index (χ2n) is 6.07. The number of alkyl halides is 3. The molecule has 6 nitrogen and oxygen atoms in total. The lowest BCUT2D eigenvalue weighted by Gasteiger charge is -2.12. The summed E-state index contributed by atoms with van der Waals surface area (Å²) in [6.07, 6.45) is -4.04. The van der Waals surface area contributed by atoms with Gasteiger partial charge in [0, 0.05) is 16.3 Å². The summed E-state index contributed by atoms with van der Waals surface area (Å²) in [5, 5.41) is 6.85. The zero-order valence-corrected chi connectivity index (χ0v) is 19.0. The molecule has 3 rings (SSSR count). The van der Waals surface area contributed by atoms with Gasteiger partial charge in [0.05, 0.1) is 30.4 Å². The van der Waals surface area contributed by atoms with E-state index >= 15 is 0 Å². The van der Waals surface area contributed by atoms with E-state index in [1.54, 1.807) is 0 Å². The van der Waals surface area contributed by atoms with Crippen LogP contribution < -0.4 is 0 Å². The van der Waals surface area contributed by atoms with Crippen molar-refractivity contribution in [1.29, 1.82) is 0 Å². The first-order valence-electron chi connectivity index (χ1n) is 8.01. The minimum Gasteiger partial charge on any atom is -0.264 e. The van der Waals surface area contributed by atoms with Gasteiger partial charge >= 0.3 is 12.1 Å². The molecule has 0 radical (unpaired) electrons. The summed E-state index contributed by atoms with van der Waals surface area (Å²) in [6.45, 7) is 0. The van der Waals surface area contributed by atoms with Crippen LogP contribution in [-0.4, -0.2) is 31.4 Å². The van der Waals surface area contributed by atoms with Crippen molar-refractivity contribution in [2.75, 3.05) is 6.26 Å². The molecule has 0 N–H and O–H groups in total. The molecule has 0 aliphatic heterocycles. The van der Waals surface area contributed by atoms with Crippen LogP contribution >= 0.6 is 46.4 Å². The number of hydrogen-bond acceptors (Lipinski definition) is 4. The fraction of sp³-hybridized carbons (Fsp3) is 0.118. The Hall–Kier alpha value is -1.85. The average molecular weight is 532 g/mol. The Bertz CT molecular complexity index is 1320. The van der Waals surface area contributed by atoms with Gasteiger partial charge in [-0.15, -0.1) is 5.10 Å². The summed E-state index contributed by atoms with van der Waals surface area (Å²) in [7, 11) is -3.57. The molecule has 1 aromatic heterocycles. The maximum absolute atomic E-state index is 13.8. The van der Waals surface area contributed by atoms with Gasteiger partial charge in [-0.2, -0.15) is 17.5 Å². The molecule has 1 unspecified atom stereocenters. The van der Waals surface area contributed by atoms with Crippen molar-refractivity contribution >= 4 is 62.0 Å². The monoisotopic (exact) mass is 530 g/mol. The Morgan fingerprint density at radius 3 is 2.26 bits per heavy atom. The highest BCUT2D eigenvalue weighted by Gasteiger charge is 2.42. The van der Waals surface area contributed by atoms with Gasteiger partial charge in [0.1, 0.15) is 0 Å². The van der Waals surface area contributed by atoms with E-state index in [1.165, 1.54) is 36.4 Å². The van der Waals surface area contributed by atoms with Crippen LogP contribution in [0.3, 0.4) is 0 Å². The number of benzene rings is 2. The standard InChI is InChI=1S/C17H9Cl4F3N4O2S/c1-31(30,13-7-9(19)2-4-10(13)20)26-16(29)14-15(17(22,23)24)28(27-25-14)12-5-3-8(18)6-11(12)21/h2-7H,1H3. The number of rotatable bonds is 3. The number of carbonyl (C=O) groups excluding carboxylic acids is 1. The molecule has 0 saturated heterocycles. The van der Waals surface area contributed by atoms with Gasteiger partial charge in [0.15, 0.2) is 11.4 Å². The second-order valence-corrected chi connectivity index (χ2v) is 9.98. The Morgan fingerprint density at radius 1 is 1.03 bits per heavy atom. The number of aromatic nitrogens is 3. The molecule has 0 bridgehead atoms. The normalized spacial score (nSPS) is 13.7. The van der Waals surface area contributed by atoms with E-state index < -0.39 is 33.2 Å². The third kappa shape index (κ3) is 4.98. The molecule has 0 saturated carbocycles. The van der Waals surface area contributed by atoms with E-state index in [1.807, 2.05) is 0 Å². The van der Waals surface area contributed by atoms with Crippen LogP contribution in [0, 0.1) is 0 Å². The lowest BCUT2D eigenvalue weighted by molar-refractivity contribution is -0.143. The highest BCUT2D eigenvalue weighted by molar-refractivity contribution is 7.93. The Balaban J connectivity index is 2.18. The molecule has 1 heterocycles. The van der Waals surface area contributed by atoms with E-state index in [0.717, 1.165) is 6.26 Å². The molecular weight excluding hydrogens is 523 g/mol. The van der Waals surface area contributed by atoms with Gasteiger partial charge in [-0.3, -0.25) is 4.79 Å². The molecule has 0 spiro atoms. The van der Waals surface area contributed by atoms with E-state index in [-0.39, 0.29) is 30.7 Å². The predicted octanol–water partition coefficient (Wildman–Crippen LogP) is 6.20. The first-order chi connectivity index (χ1) is 14.3. The first-order valence-corrected chi connectivity index (χ1v) is 11.4. The molecule has 2 aromatic carbocycles. The topological polar surface area (TPSA) is 77.2 Å². The van der Waals surface area contributed by atoms with E-state index in [0.29, 0.717) is 4.68 Å². The fourth-order valence-corrected chi connectivity index (χ4v) is 5.07. The van der Waals surface area contributed by atoms with Crippen LogP contribution in [0.2, 0.25) is 20.1 Å². The van der Waals surface area contributed by atoms with Crippen molar-refractivity contribution in [2.45, 2.75) is 11.1 Å². The maximum Gasteiger partial charge on any atom is 0.435 e. The Morgan fingerprint density at radius 2 is 1.65 bits per heavy atom. The summed E-state index contributed by atoms with van der Waals surface area (Å²) in [5.74, 6) is -1.51. The number of carbonyl (C=O) groups is 1. The van der Waals surface area contributed by atoms with Gasteiger partial charge in [0.2, 0.25) is 0 Å². The zero-order chi connectivity index (χ0) is 23.1. The van der Waals surface area contributed by atoms with Crippen LogP contribution in [0.25, 0.3) is 5.69 Å². The van der Waals surface area contributed by atoms with Crippen molar-refractivity contribution in [2.24, 2.45) is 4.36 Å². The van der Waals surface area contributed by atoms with Crippen molar-refractivity contribution in [3.63, 3.8) is 0 Å². The van der Waals surface area contributed by atoms with E-state index in [9.17, 15) is 22.2 Å². The molecule has 1 amide bonds. The second kappa shape index (κ2) is 8.59. The number of hydrogen-bond donors (Lipinski definition) is 0. The molecule has 14 heteroatoms. The van der Waals surface area contributed by atoms with Crippen molar-refractivity contribution < 1.29 is 22.2 Å². The molecule has 31 heavy (non-hydrogen) atoms. The van der Waals surface area contributed by atoms with Crippen LogP contribution in [0.5, 0.6) is 0 Å². The lowest BCUT2D eigenvalue weighted by Crippen LogP contribution is -2.18. The minimum atomic E-state index is -5.07. The first kappa shape index (κ1) is 23.8. The predicted molar refractivity (Wildman–Crippen MR) is 112 cm³/mol. The van der Waals surface area contributed by atoms with Crippen molar-refractivity contribution in [3.05, 3.63) is 67.9 Å². The fourth-order valence-electron chi connectivity index (χ4n) is 2.52. The van der Waals surface area contributed by atoms with Crippen LogP contribution in [-0.2, 0) is 15.9 Å². The molecule has 0 aliphatic rings. The van der Waals surface area contributed by atoms with Crippen molar-refractivity contribution in [1.82, 2.24) is 15.0 Å². The molecule has 1 atom stereocenters. The lowest BCUT2D eigenvalue weighted by atomic mass is 10.2. The van der Waals surface area contributed by atoms with Crippen LogP contribution in [0.1, 0.15) is 16.2 Å². The maximum atomic E-state index is 13.8. The smallest absolute Gasteiger partial charge is 0.264 e. The summed E-state index contributed by atoms with van der Waals surface area (Å²) >= 11 is 23.6. The van der Waals surface area contributed by atoms with E-state index in [2.05, 4.69) is 14.7 Å². The highest BCUT2D eigenvalue weighted by atomic mass is 35.5. The third-order valence-corrected chi connectivity index (χ3v) is 6.72. The average Bonchev–Trinajstić information content (AvgIpc) is 3.08. The molecule has 0 aliphatic carbocycles. The van der Waals surface area contributed by atoms with Gasteiger partial charge in [0.25, 0.3) is 0 Å². The van der Waals surface area contributed by atoms with Gasteiger partial charge < -0.3 is 0 Å². The SMILES string of the molecule is CS(=O)(=NC(=O)c1nnn(-c2ccc(Cl)cc2Cl)c1C(F)(F)F)c1cc(Cl)ccc1Cl. The zero-order valence-electron chi connectivity index (χ0n) is 15.1. The third-order valence-electron chi connectivity index (χ3n) is 3.84. The molecule has 0 fully saturated rings. The Kier molecular flexibility index (Phi) is 6.60. The summed E-state index contributed by atoms with van der Waals surface area (Å²) < 4.78 is 58.1. The molecular formula is C17H9Cl4F3N4O2S. The van der Waals surface area contributed by atoms with Gasteiger partial charge in [-0.1, -0.05) is 51.6 Å². The van der Waals surface area contributed by atoms with Crippen LogP contribution in [0.15, 0.2) is 45.7 Å². The van der Waals surface area contributed by atoms with E-state index in [4.69, 9.17) is 46.4 Å². The van der Waals surface area contributed by atoms with Gasteiger partial charge in [-0.05, 0) is 36.4 Å². The minimum absolute atomic E-state index is 0.0268. The Labute approximate surface area is 194 Å². The number of nitrogens with zero attached hydrogens (tertiary/aromatic N) is 4. The van der Waals surface area contributed by atoms with Crippen molar-refractivity contribution in [3.8, 4) is 5.69 Å². The summed E-state index contributed by atoms with van der Waals surface area (Å²) in [5.41, 5.74) is -2.93. The molecule has 164 valence electrons. The number of halogens is 7. The van der Waals surface area contributed by atoms with Crippen LogP contribution in [0.4, 0.5) is 13.2 Å². The number of amides is 1. The summed E-state index contributed by atoms with van der Waals surface area (Å²) in [6, 6.07) is 7.60. The highest BCUT2D eigenvalue weighted by Crippen LogP contribution is 2.35. The summed E-state index contributed by atoms with van der Waals surface area (Å²) in [4.78, 5) is 12.5. The van der Waals surface area contributed by atoms with Gasteiger partial charge in [-0.25, -0.2) is 8.89 Å². The quantitative estimate of drug-likeness (QED) is 0.403.